The van der Waals surface area contributed by atoms with E-state index in [1.54, 1.807) is 0 Å². The molecular formula is C4H8N2O4S. The summed E-state index contributed by atoms with van der Waals surface area (Å²) < 4.78 is 28.6. The molecule has 0 aromatic carbocycles. The van der Waals surface area contributed by atoms with Crippen LogP contribution in [-0.2, 0) is 10.1 Å². The van der Waals surface area contributed by atoms with Gasteiger partial charge in [0.2, 0.25) is 0 Å². The Morgan fingerprint density at radius 3 is 2.27 bits per heavy atom. The lowest BCUT2D eigenvalue weighted by Gasteiger charge is -2.11. The van der Waals surface area contributed by atoms with E-state index in [2.05, 4.69) is 6.58 Å². The van der Waals surface area contributed by atoms with Crippen LogP contribution in [-0.4, -0.2) is 29.8 Å². The lowest BCUT2D eigenvalue weighted by Crippen LogP contribution is -2.34. The van der Waals surface area contributed by atoms with Crippen LogP contribution in [0.5, 0.6) is 0 Å². The van der Waals surface area contributed by atoms with E-state index < -0.39 is 22.0 Å². The molecule has 64 valence electrons. The Balaban J connectivity index is 4.34. The zero-order valence-electron chi connectivity index (χ0n) is 5.60. The van der Waals surface area contributed by atoms with Gasteiger partial charge in [-0.15, -0.1) is 0 Å². The fraction of sp³-hybridized carbons (Fsp3) is 0.250. The first-order chi connectivity index (χ1) is 4.87. The van der Waals surface area contributed by atoms with Gasteiger partial charge in [0.05, 0.1) is 0 Å². The van der Waals surface area contributed by atoms with E-state index in [0.29, 0.717) is 4.90 Å². The summed E-state index contributed by atoms with van der Waals surface area (Å²) in [7, 11) is -4.23. The van der Waals surface area contributed by atoms with Crippen LogP contribution in [0.2, 0.25) is 0 Å². The Kier molecular flexibility index (Phi) is 3.02. The highest BCUT2D eigenvalue weighted by Gasteiger charge is 2.13. The molecule has 0 aliphatic rings. The standard InChI is InChI=1S/C4H8N2O4S/c1-2-6(4(5)7)3-11(8,9)10/h2H,1,3H2,(H2,5,7)(H,8,9,10). The Labute approximate surface area is 64.0 Å². The third-order valence-corrected chi connectivity index (χ3v) is 1.41. The zero-order chi connectivity index (χ0) is 9.07. The largest absolute Gasteiger partial charge is 0.351 e. The highest BCUT2D eigenvalue weighted by molar-refractivity contribution is 7.85. The molecule has 11 heavy (non-hydrogen) atoms. The average Bonchev–Trinajstić information content (AvgIpc) is 1.80. The third-order valence-electron chi connectivity index (χ3n) is 0.806. The molecule has 0 aliphatic heterocycles. The molecule has 0 unspecified atom stereocenters. The Morgan fingerprint density at radius 2 is 2.18 bits per heavy atom. The summed E-state index contributed by atoms with van der Waals surface area (Å²) >= 11 is 0. The molecular weight excluding hydrogens is 172 g/mol. The minimum absolute atomic E-state index is 0.565. The number of carbonyl (C=O) groups excluding carboxylic acids is 1. The molecule has 0 rings (SSSR count). The summed E-state index contributed by atoms with van der Waals surface area (Å²) in [5.74, 6) is -0.869. The minimum atomic E-state index is -4.23. The van der Waals surface area contributed by atoms with Crippen LogP contribution in [0.4, 0.5) is 4.79 Å². The monoisotopic (exact) mass is 180 g/mol. The summed E-state index contributed by atoms with van der Waals surface area (Å²) in [6.07, 6.45) is 0.913. The van der Waals surface area contributed by atoms with Gasteiger partial charge in [-0.05, 0) is 0 Å². The smallest absolute Gasteiger partial charge is 0.319 e. The second kappa shape index (κ2) is 3.35. The van der Waals surface area contributed by atoms with Crippen molar-refractivity contribution in [2.24, 2.45) is 5.73 Å². The summed E-state index contributed by atoms with van der Waals surface area (Å²) in [5.41, 5.74) is 4.69. The van der Waals surface area contributed by atoms with Crippen LogP contribution in [0.15, 0.2) is 12.8 Å². The van der Waals surface area contributed by atoms with Gasteiger partial charge < -0.3 is 5.73 Å². The molecule has 0 heterocycles. The number of hydrogen-bond donors (Lipinski definition) is 2. The first kappa shape index (κ1) is 9.92. The number of carbonyl (C=O) groups is 1. The van der Waals surface area contributed by atoms with Gasteiger partial charge in [-0.3, -0.25) is 9.45 Å². The van der Waals surface area contributed by atoms with Gasteiger partial charge in [-0.25, -0.2) is 4.79 Å². The molecule has 0 aromatic heterocycles. The first-order valence-electron chi connectivity index (χ1n) is 2.50. The van der Waals surface area contributed by atoms with Gasteiger partial charge in [-0.2, -0.15) is 8.42 Å². The molecule has 0 aromatic rings. The molecule has 0 spiro atoms. The summed E-state index contributed by atoms with van der Waals surface area (Å²) in [6.45, 7) is 3.12. The molecule has 0 saturated carbocycles. The number of primary amides is 1. The van der Waals surface area contributed by atoms with Crippen LogP contribution in [0.1, 0.15) is 0 Å². The molecule has 0 aliphatic carbocycles. The van der Waals surface area contributed by atoms with E-state index >= 15 is 0 Å². The normalized spacial score (nSPS) is 10.6. The lowest BCUT2D eigenvalue weighted by atomic mass is 10.8. The molecule has 7 heteroatoms. The maximum Gasteiger partial charge on any atom is 0.319 e. The zero-order valence-corrected chi connectivity index (χ0v) is 6.41. The predicted octanol–water partition coefficient (Wildman–Crippen LogP) is -0.644. The predicted molar refractivity (Wildman–Crippen MR) is 38.0 cm³/mol. The van der Waals surface area contributed by atoms with Gasteiger partial charge in [-0.1, -0.05) is 6.58 Å². The second-order valence-corrected chi connectivity index (χ2v) is 3.12. The Morgan fingerprint density at radius 1 is 1.73 bits per heavy atom. The SMILES string of the molecule is C=CN(CS(=O)(=O)O)C(N)=O. The van der Waals surface area contributed by atoms with Crippen molar-refractivity contribution in [3.8, 4) is 0 Å². The van der Waals surface area contributed by atoms with Crippen molar-refractivity contribution in [2.75, 3.05) is 5.88 Å². The molecule has 2 amide bonds. The number of amides is 2. The number of nitrogens with two attached hydrogens (primary N) is 1. The van der Waals surface area contributed by atoms with Crippen LogP contribution in [0.3, 0.4) is 0 Å². The molecule has 6 nitrogen and oxygen atoms in total. The van der Waals surface area contributed by atoms with E-state index in [0.717, 1.165) is 6.20 Å². The van der Waals surface area contributed by atoms with Crippen LogP contribution in [0, 0.1) is 0 Å². The second-order valence-electron chi connectivity index (χ2n) is 1.70. The fourth-order valence-corrected chi connectivity index (χ4v) is 0.966. The maximum absolute atomic E-state index is 10.3. The highest BCUT2D eigenvalue weighted by Crippen LogP contribution is 1.92. The Bertz CT molecular complexity index is 257. The van der Waals surface area contributed by atoms with Crippen LogP contribution in [0.25, 0.3) is 0 Å². The van der Waals surface area contributed by atoms with Crippen molar-refractivity contribution in [1.29, 1.82) is 0 Å². The van der Waals surface area contributed by atoms with Crippen molar-refractivity contribution in [3.05, 3.63) is 12.8 Å². The molecule has 0 atom stereocenters. The topological polar surface area (TPSA) is 101 Å². The summed E-state index contributed by atoms with van der Waals surface area (Å²) in [5, 5.41) is 0. The molecule has 3 N–H and O–H groups in total. The number of urea groups is 1. The van der Waals surface area contributed by atoms with Crippen molar-refractivity contribution in [1.82, 2.24) is 4.90 Å². The minimum Gasteiger partial charge on any atom is -0.351 e. The average molecular weight is 180 g/mol. The van der Waals surface area contributed by atoms with E-state index in [4.69, 9.17) is 10.3 Å². The van der Waals surface area contributed by atoms with Gasteiger partial charge in [0.1, 0.15) is 0 Å². The molecule has 0 saturated heterocycles. The van der Waals surface area contributed by atoms with Crippen molar-refractivity contribution in [3.63, 3.8) is 0 Å². The van der Waals surface area contributed by atoms with Gasteiger partial charge >= 0.3 is 6.03 Å². The molecule has 0 fully saturated rings. The van der Waals surface area contributed by atoms with E-state index in [-0.39, 0.29) is 0 Å². The number of nitrogens with zero attached hydrogens (tertiary/aromatic N) is 1. The summed E-state index contributed by atoms with van der Waals surface area (Å²) in [4.78, 5) is 10.9. The van der Waals surface area contributed by atoms with E-state index in [1.165, 1.54) is 0 Å². The number of rotatable bonds is 3. The van der Waals surface area contributed by atoms with Crippen molar-refractivity contribution >= 4 is 16.1 Å². The van der Waals surface area contributed by atoms with E-state index in [1.807, 2.05) is 0 Å². The lowest BCUT2D eigenvalue weighted by molar-refractivity contribution is 0.228. The van der Waals surface area contributed by atoms with Gasteiger partial charge in [0.25, 0.3) is 10.1 Å². The van der Waals surface area contributed by atoms with E-state index in [9.17, 15) is 13.2 Å². The Hall–Kier alpha value is -1.08. The quantitative estimate of drug-likeness (QED) is 0.564. The number of hydrogen-bond acceptors (Lipinski definition) is 3. The van der Waals surface area contributed by atoms with Gasteiger partial charge in [0, 0.05) is 6.20 Å². The van der Waals surface area contributed by atoms with Gasteiger partial charge in [0.15, 0.2) is 5.88 Å². The van der Waals surface area contributed by atoms with Crippen LogP contribution < -0.4 is 5.73 Å². The molecule has 0 bridgehead atoms. The first-order valence-corrected chi connectivity index (χ1v) is 4.11. The van der Waals surface area contributed by atoms with Crippen LogP contribution >= 0.6 is 0 Å². The maximum atomic E-state index is 10.3. The van der Waals surface area contributed by atoms with Crippen molar-refractivity contribution < 1.29 is 17.8 Å². The fourth-order valence-electron chi connectivity index (χ4n) is 0.382. The summed E-state index contributed by atoms with van der Waals surface area (Å²) in [6, 6.07) is -0.988. The highest BCUT2D eigenvalue weighted by atomic mass is 32.2. The molecule has 0 radical (unpaired) electrons. The van der Waals surface area contributed by atoms with Crippen molar-refractivity contribution in [2.45, 2.75) is 0 Å². The third kappa shape index (κ3) is 4.34.